The van der Waals surface area contributed by atoms with E-state index in [1.807, 2.05) is 35.5 Å². The van der Waals surface area contributed by atoms with Gasteiger partial charge in [-0.1, -0.05) is 43.3 Å². The van der Waals surface area contributed by atoms with Crippen LogP contribution in [-0.4, -0.2) is 28.0 Å². The number of hydrogen-bond acceptors (Lipinski definition) is 5. The van der Waals surface area contributed by atoms with Crippen LogP contribution in [0.5, 0.6) is 0 Å². The molecule has 1 aromatic carbocycles. The lowest BCUT2D eigenvalue weighted by atomic mass is 9.92. The molecule has 1 amide bonds. The second-order valence-electron chi connectivity index (χ2n) is 5.58. The van der Waals surface area contributed by atoms with E-state index < -0.39 is 0 Å². The summed E-state index contributed by atoms with van der Waals surface area (Å²) in [6.07, 6.45) is 3.85. The van der Waals surface area contributed by atoms with E-state index in [2.05, 4.69) is 29.6 Å². The Hall–Kier alpha value is -1.69. The number of hydrazone groups is 1. The Balaban J connectivity index is 2.13. The zero-order valence-electron chi connectivity index (χ0n) is 12.5. The van der Waals surface area contributed by atoms with Crippen molar-refractivity contribution in [1.82, 2.24) is 10.3 Å². The van der Waals surface area contributed by atoms with Crippen molar-refractivity contribution < 1.29 is 4.79 Å². The van der Waals surface area contributed by atoms with Gasteiger partial charge in [0.15, 0.2) is 11.2 Å². The van der Waals surface area contributed by atoms with Gasteiger partial charge in [0.05, 0.1) is 0 Å². The molecular formula is C15H20N4OS. The summed E-state index contributed by atoms with van der Waals surface area (Å²) in [4.78, 5) is 12.6. The SMILES string of the molecule is CCC[C@]1(C)Nc2ccccc2[C@H]2C(=O)NC(SC)=NN21. The van der Waals surface area contributed by atoms with Crippen molar-refractivity contribution in [3.8, 4) is 0 Å². The molecule has 0 saturated heterocycles. The molecule has 0 aromatic heterocycles. The van der Waals surface area contributed by atoms with E-state index in [0.717, 1.165) is 24.1 Å². The van der Waals surface area contributed by atoms with Crippen LogP contribution in [0.15, 0.2) is 29.4 Å². The number of rotatable bonds is 2. The first kappa shape index (κ1) is 14.3. The van der Waals surface area contributed by atoms with Gasteiger partial charge in [0.1, 0.15) is 5.66 Å². The average Bonchev–Trinajstić information content (AvgIpc) is 2.47. The fourth-order valence-electron chi connectivity index (χ4n) is 3.09. The predicted molar refractivity (Wildman–Crippen MR) is 87.1 cm³/mol. The third-order valence-corrected chi connectivity index (χ3v) is 4.59. The number of fused-ring (bicyclic) bond motifs is 3. The summed E-state index contributed by atoms with van der Waals surface area (Å²) in [7, 11) is 0. The molecule has 112 valence electrons. The summed E-state index contributed by atoms with van der Waals surface area (Å²) in [5, 5.41) is 13.7. The first-order valence-corrected chi connectivity index (χ1v) is 8.41. The quantitative estimate of drug-likeness (QED) is 0.882. The number of anilines is 1. The number of hydrogen-bond donors (Lipinski definition) is 2. The van der Waals surface area contributed by atoms with Crippen LogP contribution in [-0.2, 0) is 4.79 Å². The van der Waals surface area contributed by atoms with E-state index in [-0.39, 0.29) is 17.6 Å². The van der Waals surface area contributed by atoms with Gasteiger partial charge >= 0.3 is 0 Å². The highest BCUT2D eigenvalue weighted by Gasteiger charge is 2.46. The normalized spacial score (nSPS) is 27.2. The molecule has 21 heavy (non-hydrogen) atoms. The highest BCUT2D eigenvalue weighted by atomic mass is 32.2. The number of para-hydroxylation sites is 1. The lowest BCUT2D eigenvalue weighted by Gasteiger charge is -2.50. The number of carbonyl (C=O) groups is 1. The van der Waals surface area contributed by atoms with Crippen LogP contribution in [0.1, 0.15) is 38.3 Å². The first-order valence-electron chi connectivity index (χ1n) is 7.19. The summed E-state index contributed by atoms with van der Waals surface area (Å²) in [6.45, 7) is 4.26. The van der Waals surface area contributed by atoms with Crippen molar-refractivity contribution in [2.24, 2.45) is 5.10 Å². The number of benzene rings is 1. The van der Waals surface area contributed by atoms with Gasteiger partial charge in [-0.25, -0.2) is 0 Å². The molecular weight excluding hydrogens is 284 g/mol. The zero-order valence-corrected chi connectivity index (χ0v) is 13.3. The Morgan fingerprint density at radius 3 is 2.90 bits per heavy atom. The maximum absolute atomic E-state index is 12.6. The second-order valence-corrected chi connectivity index (χ2v) is 6.38. The molecule has 2 heterocycles. The predicted octanol–water partition coefficient (Wildman–Crippen LogP) is 2.74. The zero-order chi connectivity index (χ0) is 15.0. The Morgan fingerprint density at radius 2 is 2.19 bits per heavy atom. The van der Waals surface area contributed by atoms with Crippen molar-refractivity contribution in [3.63, 3.8) is 0 Å². The van der Waals surface area contributed by atoms with E-state index >= 15 is 0 Å². The van der Waals surface area contributed by atoms with Gasteiger partial charge in [-0.3, -0.25) is 9.80 Å². The lowest BCUT2D eigenvalue weighted by Crippen LogP contribution is -2.60. The molecule has 0 aliphatic carbocycles. The first-order chi connectivity index (χ1) is 10.1. The highest BCUT2D eigenvalue weighted by molar-refractivity contribution is 8.13. The van der Waals surface area contributed by atoms with Gasteiger partial charge < -0.3 is 10.6 Å². The van der Waals surface area contributed by atoms with Crippen molar-refractivity contribution in [3.05, 3.63) is 29.8 Å². The molecule has 0 fully saturated rings. The van der Waals surface area contributed by atoms with Crippen LogP contribution in [0.2, 0.25) is 0 Å². The second kappa shape index (κ2) is 5.26. The van der Waals surface area contributed by atoms with E-state index in [4.69, 9.17) is 0 Å². The number of carbonyl (C=O) groups excluding carboxylic acids is 1. The summed E-state index contributed by atoms with van der Waals surface area (Å²) >= 11 is 1.45. The molecule has 2 aliphatic rings. The van der Waals surface area contributed by atoms with Gasteiger partial charge in [0, 0.05) is 11.3 Å². The summed E-state index contributed by atoms with van der Waals surface area (Å²) in [5.74, 6) is -0.00868. The molecule has 2 atom stereocenters. The molecule has 1 aromatic rings. The minimum absolute atomic E-state index is 0.00868. The third-order valence-electron chi connectivity index (χ3n) is 4.02. The molecule has 2 N–H and O–H groups in total. The number of nitrogens with zero attached hydrogens (tertiary/aromatic N) is 2. The highest BCUT2D eigenvalue weighted by Crippen LogP contribution is 2.42. The Labute approximate surface area is 129 Å². The Morgan fingerprint density at radius 1 is 1.43 bits per heavy atom. The van der Waals surface area contributed by atoms with Crippen LogP contribution < -0.4 is 10.6 Å². The van der Waals surface area contributed by atoms with Gasteiger partial charge in [-0.2, -0.15) is 0 Å². The number of amides is 1. The molecule has 2 aliphatic heterocycles. The monoisotopic (exact) mass is 304 g/mol. The smallest absolute Gasteiger partial charge is 0.255 e. The van der Waals surface area contributed by atoms with Crippen molar-refractivity contribution >= 4 is 28.5 Å². The minimum atomic E-state index is -0.366. The molecule has 0 unspecified atom stereocenters. The molecule has 6 heteroatoms. The molecule has 0 bridgehead atoms. The standard InChI is InChI=1S/C15H20N4OS/c1-4-9-15(2)17-11-8-6-5-7-10(11)12-13(20)16-14(21-3)18-19(12)15/h5-8,12,17H,4,9H2,1-3H3,(H,16,18,20)/t12-,15+/m0/s1. The summed E-state index contributed by atoms with van der Waals surface area (Å²) < 4.78 is 0. The molecule has 5 nitrogen and oxygen atoms in total. The molecule has 0 radical (unpaired) electrons. The fraction of sp³-hybridized carbons (Fsp3) is 0.467. The van der Waals surface area contributed by atoms with Crippen molar-refractivity contribution in [2.75, 3.05) is 11.6 Å². The van der Waals surface area contributed by atoms with Crippen LogP contribution in [0.25, 0.3) is 0 Å². The van der Waals surface area contributed by atoms with E-state index in [9.17, 15) is 4.79 Å². The average molecular weight is 304 g/mol. The minimum Gasteiger partial charge on any atom is -0.361 e. The number of thioether (sulfide) groups is 1. The Kier molecular flexibility index (Phi) is 3.57. The molecule has 0 spiro atoms. The summed E-state index contributed by atoms with van der Waals surface area (Å²) in [6, 6.07) is 7.61. The van der Waals surface area contributed by atoms with E-state index in [1.54, 1.807) is 0 Å². The van der Waals surface area contributed by atoms with E-state index in [0.29, 0.717) is 5.17 Å². The van der Waals surface area contributed by atoms with Crippen molar-refractivity contribution in [1.29, 1.82) is 0 Å². The van der Waals surface area contributed by atoms with Gasteiger partial charge in [0.2, 0.25) is 0 Å². The maximum atomic E-state index is 12.6. The van der Waals surface area contributed by atoms with Crippen LogP contribution in [0.3, 0.4) is 0 Å². The van der Waals surface area contributed by atoms with Gasteiger partial charge in [-0.15, -0.1) is 5.10 Å². The van der Waals surface area contributed by atoms with Crippen LogP contribution >= 0.6 is 11.8 Å². The maximum Gasteiger partial charge on any atom is 0.255 e. The van der Waals surface area contributed by atoms with Gasteiger partial charge in [-0.05, 0) is 25.7 Å². The van der Waals surface area contributed by atoms with Gasteiger partial charge in [0.25, 0.3) is 5.91 Å². The van der Waals surface area contributed by atoms with Crippen LogP contribution in [0, 0.1) is 0 Å². The lowest BCUT2D eigenvalue weighted by molar-refractivity contribution is -0.129. The number of amidine groups is 1. The third kappa shape index (κ3) is 2.27. The molecule has 3 rings (SSSR count). The fourth-order valence-corrected chi connectivity index (χ4v) is 3.46. The topological polar surface area (TPSA) is 56.7 Å². The Bertz CT molecular complexity index is 603. The molecule has 0 saturated carbocycles. The largest absolute Gasteiger partial charge is 0.361 e. The van der Waals surface area contributed by atoms with E-state index in [1.165, 1.54) is 11.8 Å². The summed E-state index contributed by atoms with van der Waals surface area (Å²) in [5.41, 5.74) is 1.65. The van der Waals surface area contributed by atoms with Crippen molar-refractivity contribution in [2.45, 2.75) is 38.4 Å². The number of nitrogens with one attached hydrogen (secondary N) is 2. The van der Waals surface area contributed by atoms with Crippen LogP contribution in [0.4, 0.5) is 5.69 Å².